The highest BCUT2D eigenvalue weighted by Crippen LogP contribution is 2.33. The number of H-pyrrole nitrogens is 2. The summed E-state index contributed by atoms with van der Waals surface area (Å²) in [7, 11) is 0. The summed E-state index contributed by atoms with van der Waals surface area (Å²) in [6.45, 7) is 0.678. The Labute approximate surface area is 171 Å². The van der Waals surface area contributed by atoms with Crippen LogP contribution in [-0.2, 0) is 17.9 Å². The molecule has 0 bridgehead atoms. The number of aromatic nitrogens is 6. The van der Waals surface area contributed by atoms with Crippen molar-refractivity contribution in [2.45, 2.75) is 19.0 Å². The standard InChI is InChI=1S/C21H19N7O2/c29-12-17(13-4-2-1-3-5-13)21(30)28-10-16-18(11-28)22-23-19(16)14-6-8-15(9-7-14)20-24-26-27-25-20/h1-9,17,29H,10-12H2,(H,22,23)(H,24,25,26,27). The summed E-state index contributed by atoms with van der Waals surface area (Å²) in [5.74, 6) is -0.130. The Hall–Kier alpha value is -3.85. The molecule has 0 fully saturated rings. The maximum absolute atomic E-state index is 13.1. The van der Waals surface area contributed by atoms with Crippen LogP contribution < -0.4 is 0 Å². The lowest BCUT2D eigenvalue weighted by atomic mass is 9.98. The minimum Gasteiger partial charge on any atom is -0.395 e. The van der Waals surface area contributed by atoms with Gasteiger partial charge in [0.15, 0.2) is 0 Å². The molecule has 1 aliphatic rings. The van der Waals surface area contributed by atoms with Crippen LogP contribution in [0.4, 0.5) is 0 Å². The van der Waals surface area contributed by atoms with E-state index in [2.05, 4.69) is 30.8 Å². The highest BCUT2D eigenvalue weighted by molar-refractivity contribution is 5.85. The Morgan fingerprint density at radius 1 is 1.03 bits per heavy atom. The van der Waals surface area contributed by atoms with Gasteiger partial charge in [-0.05, 0) is 10.8 Å². The number of carbonyl (C=O) groups is 1. The van der Waals surface area contributed by atoms with E-state index in [1.165, 1.54) is 0 Å². The maximum Gasteiger partial charge on any atom is 0.233 e. The Kier molecular flexibility index (Phi) is 4.56. The molecule has 0 saturated heterocycles. The third-order valence-electron chi connectivity index (χ3n) is 5.41. The fourth-order valence-corrected chi connectivity index (χ4v) is 3.83. The van der Waals surface area contributed by atoms with Gasteiger partial charge >= 0.3 is 0 Å². The first-order valence-corrected chi connectivity index (χ1v) is 9.59. The van der Waals surface area contributed by atoms with Crippen LogP contribution in [0.1, 0.15) is 22.7 Å². The van der Waals surface area contributed by atoms with Crippen LogP contribution in [0.15, 0.2) is 54.6 Å². The first kappa shape index (κ1) is 18.2. The lowest BCUT2D eigenvalue weighted by Crippen LogP contribution is -2.32. The number of aromatic amines is 2. The van der Waals surface area contributed by atoms with E-state index in [0.717, 1.165) is 33.6 Å². The molecule has 0 aliphatic carbocycles. The number of nitrogens with one attached hydrogen (secondary N) is 2. The zero-order valence-electron chi connectivity index (χ0n) is 16.0. The fourth-order valence-electron chi connectivity index (χ4n) is 3.83. The van der Waals surface area contributed by atoms with E-state index in [1.54, 1.807) is 4.90 Å². The normalized spacial score (nSPS) is 14.0. The number of carbonyl (C=O) groups excluding carboxylic acids is 1. The summed E-state index contributed by atoms with van der Waals surface area (Å²) in [5, 5.41) is 31.3. The smallest absolute Gasteiger partial charge is 0.233 e. The number of rotatable bonds is 5. The highest BCUT2D eigenvalue weighted by atomic mass is 16.3. The summed E-state index contributed by atoms with van der Waals surface area (Å²) in [5.41, 5.74) is 5.35. The van der Waals surface area contributed by atoms with Crippen LogP contribution in [0, 0.1) is 0 Å². The van der Waals surface area contributed by atoms with Crippen molar-refractivity contribution in [2.75, 3.05) is 6.61 Å². The van der Waals surface area contributed by atoms with Crippen LogP contribution in [-0.4, -0.2) is 53.3 Å². The van der Waals surface area contributed by atoms with Gasteiger partial charge in [-0.3, -0.25) is 9.89 Å². The van der Waals surface area contributed by atoms with Crippen molar-refractivity contribution in [1.29, 1.82) is 0 Å². The molecule has 4 aromatic rings. The number of amides is 1. The summed E-state index contributed by atoms with van der Waals surface area (Å²) in [6, 6.07) is 17.1. The van der Waals surface area contributed by atoms with Crippen LogP contribution in [0.2, 0.25) is 0 Å². The molecule has 0 saturated carbocycles. The zero-order valence-corrected chi connectivity index (χ0v) is 16.0. The lowest BCUT2D eigenvalue weighted by Gasteiger charge is -2.22. The summed E-state index contributed by atoms with van der Waals surface area (Å²) < 4.78 is 0. The monoisotopic (exact) mass is 401 g/mol. The average molecular weight is 401 g/mol. The van der Waals surface area contributed by atoms with Gasteiger partial charge in [0.1, 0.15) is 0 Å². The quantitative estimate of drug-likeness (QED) is 0.469. The van der Waals surface area contributed by atoms with E-state index in [1.807, 2.05) is 54.6 Å². The minimum atomic E-state index is -0.569. The number of aliphatic hydroxyl groups excluding tert-OH is 1. The molecule has 3 N–H and O–H groups in total. The van der Waals surface area contributed by atoms with Crippen LogP contribution in [0.5, 0.6) is 0 Å². The maximum atomic E-state index is 13.1. The van der Waals surface area contributed by atoms with Crippen molar-refractivity contribution in [2.24, 2.45) is 0 Å². The number of tetrazole rings is 1. The van der Waals surface area contributed by atoms with Crippen molar-refractivity contribution in [3.8, 4) is 22.6 Å². The first-order chi connectivity index (χ1) is 14.7. The number of benzene rings is 2. The molecule has 150 valence electrons. The van der Waals surface area contributed by atoms with Gasteiger partial charge in [-0.25, -0.2) is 0 Å². The molecule has 1 amide bonds. The Morgan fingerprint density at radius 2 is 1.80 bits per heavy atom. The molecule has 0 radical (unpaired) electrons. The molecular formula is C21H19N7O2. The minimum absolute atomic E-state index is 0.0910. The molecule has 5 rings (SSSR count). The van der Waals surface area contributed by atoms with Gasteiger partial charge in [0.2, 0.25) is 11.7 Å². The van der Waals surface area contributed by atoms with Gasteiger partial charge in [0.05, 0.1) is 37.0 Å². The van der Waals surface area contributed by atoms with Gasteiger partial charge in [-0.15, -0.1) is 10.2 Å². The SMILES string of the molecule is O=C(C(CO)c1ccccc1)N1Cc2[nH]nc(-c3ccc(-c4nn[nH]n4)cc3)c2C1. The van der Waals surface area contributed by atoms with Crippen molar-refractivity contribution in [3.05, 3.63) is 71.4 Å². The zero-order chi connectivity index (χ0) is 20.5. The molecule has 9 heteroatoms. The molecule has 30 heavy (non-hydrogen) atoms. The number of aliphatic hydroxyl groups is 1. The van der Waals surface area contributed by atoms with Gasteiger partial charge in [0.25, 0.3) is 0 Å². The predicted molar refractivity (Wildman–Crippen MR) is 108 cm³/mol. The Morgan fingerprint density at radius 3 is 2.50 bits per heavy atom. The predicted octanol–water partition coefficient (Wildman–Crippen LogP) is 1.88. The molecule has 1 atom stereocenters. The molecule has 1 aliphatic heterocycles. The molecule has 2 aromatic heterocycles. The van der Waals surface area contributed by atoms with E-state index >= 15 is 0 Å². The van der Waals surface area contributed by atoms with Crippen molar-refractivity contribution in [1.82, 2.24) is 35.7 Å². The third kappa shape index (κ3) is 3.15. The van der Waals surface area contributed by atoms with Crippen molar-refractivity contribution in [3.63, 3.8) is 0 Å². The van der Waals surface area contributed by atoms with Gasteiger partial charge in [-0.2, -0.15) is 10.3 Å². The average Bonchev–Trinajstić information content (AvgIpc) is 3.52. The highest BCUT2D eigenvalue weighted by Gasteiger charge is 2.32. The molecular weight excluding hydrogens is 382 g/mol. The molecule has 1 unspecified atom stereocenters. The third-order valence-corrected chi connectivity index (χ3v) is 5.41. The largest absolute Gasteiger partial charge is 0.395 e. The molecule has 0 spiro atoms. The van der Waals surface area contributed by atoms with E-state index < -0.39 is 5.92 Å². The van der Waals surface area contributed by atoms with Gasteiger partial charge < -0.3 is 10.0 Å². The van der Waals surface area contributed by atoms with Crippen LogP contribution >= 0.6 is 0 Å². The second-order valence-electron chi connectivity index (χ2n) is 7.18. The number of nitrogens with zero attached hydrogens (tertiary/aromatic N) is 5. The summed E-state index contributed by atoms with van der Waals surface area (Å²) in [4.78, 5) is 14.8. The van der Waals surface area contributed by atoms with E-state index in [-0.39, 0.29) is 12.5 Å². The number of fused-ring (bicyclic) bond motifs is 1. The van der Waals surface area contributed by atoms with Gasteiger partial charge in [0, 0.05) is 16.7 Å². The van der Waals surface area contributed by atoms with Gasteiger partial charge in [-0.1, -0.05) is 54.6 Å². The van der Waals surface area contributed by atoms with E-state index in [9.17, 15) is 9.90 Å². The molecule has 2 aromatic carbocycles. The second-order valence-corrected chi connectivity index (χ2v) is 7.18. The molecule has 3 heterocycles. The first-order valence-electron chi connectivity index (χ1n) is 9.59. The number of hydrogen-bond donors (Lipinski definition) is 3. The van der Waals surface area contributed by atoms with E-state index in [4.69, 9.17) is 0 Å². The Bertz CT molecular complexity index is 1150. The van der Waals surface area contributed by atoms with Crippen molar-refractivity contribution >= 4 is 5.91 Å². The summed E-state index contributed by atoms with van der Waals surface area (Å²) >= 11 is 0. The topological polar surface area (TPSA) is 124 Å². The van der Waals surface area contributed by atoms with Crippen LogP contribution in [0.25, 0.3) is 22.6 Å². The van der Waals surface area contributed by atoms with Crippen molar-refractivity contribution < 1.29 is 9.90 Å². The lowest BCUT2D eigenvalue weighted by molar-refractivity contribution is -0.134. The number of hydrogen-bond acceptors (Lipinski definition) is 6. The Balaban J connectivity index is 1.37. The summed E-state index contributed by atoms with van der Waals surface area (Å²) in [6.07, 6.45) is 0. The molecule has 9 nitrogen and oxygen atoms in total. The van der Waals surface area contributed by atoms with Crippen LogP contribution in [0.3, 0.4) is 0 Å². The second kappa shape index (κ2) is 7.53. The van der Waals surface area contributed by atoms with E-state index in [0.29, 0.717) is 18.9 Å². The fraction of sp³-hybridized carbons (Fsp3) is 0.190.